The van der Waals surface area contributed by atoms with Crippen LogP contribution < -0.4 is 10.5 Å². The molecule has 0 bridgehead atoms. The van der Waals surface area contributed by atoms with Gasteiger partial charge in [0, 0.05) is 6.20 Å². The van der Waals surface area contributed by atoms with Crippen molar-refractivity contribution >= 4 is 5.82 Å². The summed E-state index contributed by atoms with van der Waals surface area (Å²) in [4.78, 5) is 8.53. The molecule has 4 heteroatoms. The second-order valence-electron chi connectivity index (χ2n) is 5.47. The minimum Gasteiger partial charge on any atom is -0.496 e. The summed E-state index contributed by atoms with van der Waals surface area (Å²) in [6, 6.07) is 7.74. The van der Waals surface area contributed by atoms with Crippen molar-refractivity contribution in [2.75, 3.05) is 12.8 Å². The van der Waals surface area contributed by atoms with Gasteiger partial charge in [-0.1, -0.05) is 26.8 Å². The number of methoxy groups -OCH3 is 1. The molecule has 0 saturated heterocycles. The highest BCUT2D eigenvalue weighted by Gasteiger charge is 2.17. The summed E-state index contributed by atoms with van der Waals surface area (Å²) in [6.45, 7) is 6.50. The van der Waals surface area contributed by atoms with Crippen LogP contribution in [0.3, 0.4) is 0 Å². The number of anilines is 1. The van der Waals surface area contributed by atoms with E-state index < -0.39 is 0 Å². The maximum atomic E-state index is 5.72. The fraction of sp³-hybridized carbons (Fsp3) is 0.333. The molecule has 4 nitrogen and oxygen atoms in total. The Morgan fingerprint density at radius 2 is 1.89 bits per heavy atom. The van der Waals surface area contributed by atoms with Crippen LogP contribution in [-0.4, -0.2) is 17.1 Å². The van der Waals surface area contributed by atoms with Crippen molar-refractivity contribution in [2.45, 2.75) is 26.2 Å². The van der Waals surface area contributed by atoms with Crippen molar-refractivity contribution in [2.24, 2.45) is 0 Å². The average molecular weight is 257 g/mol. The van der Waals surface area contributed by atoms with E-state index in [1.165, 1.54) is 5.56 Å². The molecule has 1 heterocycles. The molecule has 0 saturated carbocycles. The Balaban J connectivity index is 2.60. The lowest BCUT2D eigenvalue weighted by Crippen LogP contribution is -2.11. The number of nitrogens with two attached hydrogens (primary N) is 1. The van der Waals surface area contributed by atoms with Gasteiger partial charge in [-0.25, -0.2) is 9.97 Å². The molecule has 0 radical (unpaired) electrons. The monoisotopic (exact) mass is 257 g/mol. The summed E-state index contributed by atoms with van der Waals surface area (Å²) >= 11 is 0. The molecule has 0 aliphatic heterocycles. The van der Waals surface area contributed by atoms with Crippen molar-refractivity contribution in [3.63, 3.8) is 0 Å². The number of ether oxygens (including phenoxy) is 1. The van der Waals surface area contributed by atoms with E-state index in [-0.39, 0.29) is 5.41 Å². The number of benzene rings is 1. The lowest BCUT2D eigenvalue weighted by Gasteiger charge is -2.20. The Hall–Kier alpha value is -2.10. The van der Waals surface area contributed by atoms with Gasteiger partial charge in [0.25, 0.3) is 0 Å². The van der Waals surface area contributed by atoms with E-state index in [4.69, 9.17) is 10.5 Å². The molecule has 0 atom stereocenters. The van der Waals surface area contributed by atoms with E-state index >= 15 is 0 Å². The first-order chi connectivity index (χ1) is 8.91. The highest BCUT2D eigenvalue weighted by atomic mass is 16.5. The zero-order chi connectivity index (χ0) is 14.0. The number of hydrogen-bond acceptors (Lipinski definition) is 4. The highest BCUT2D eigenvalue weighted by Crippen LogP contribution is 2.33. The van der Waals surface area contributed by atoms with Crippen LogP contribution >= 0.6 is 0 Å². The summed E-state index contributed by atoms with van der Waals surface area (Å²) in [5, 5.41) is 0. The van der Waals surface area contributed by atoms with Gasteiger partial charge in [-0.05, 0) is 29.2 Å². The molecule has 0 spiro atoms. The van der Waals surface area contributed by atoms with E-state index in [0.717, 1.165) is 11.3 Å². The lowest BCUT2D eigenvalue weighted by molar-refractivity contribution is 0.415. The van der Waals surface area contributed by atoms with Gasteiger partial charge < -0.3 is 10.5 Å². The summed E-state index contributed by atoms with van der Waals surface area (Å²) in [5.41, 5.74) is 7.84. The van der Waals surface area contributed by atoms with Crippen molar-refractivity contribution < 1.29 is 4.74 Å². The maximum Gasteiger partial charge on any atom is 0.165 e. The predicted molar refractivity (Wildman–Crippen MR) is 77.1 cm³/mol. The van der Waals surface area contributed by atoms with Crippen molar-refractivity contribution in [1.29, 1.82) is 0 Å². The molecule has 2 aromatic rings. The largest absolute Gasteiger partial charge is 0.496 e. The Morgan fingerprint density at radius 1 is 1.16 bits per heavy atom. The van der Waals surface area contributed by atoms with Gasteiger partial charge >= 0.3 is 0 Å². The van der Waals surface area contributed by atoms with Crippen LogP contribution in [0.2, 0.25) is 0 Å². The Labute approximate surface area is 113 Å². The quantitative estimate of drug-likeness (QED) is 0.898. The third-order valence-corrected chi connectivity index (χ3v) is 2.98. The van der Waals surface area contributed by atoms with E-state index in [2.05, 4.69) is 42.9 Å². The fourth-order valence-corrected chi connectivity index (χ4v) is 1.85. The molecule has 0 aliphatic carbocycles. The van der Waals surface area contributed by atoms with Gasteiger partial charge in [0.15, 0.2) is 5.82 Å². The van der Waals surface area contributed by atoms with Crippen LogP contribution in [0.1, 0.15) is 26.3 Å². The Kier molecular flexibility index (Phi) is 3.42. The SMILES string of the molecule is COc1ccc(C(C)(C)C)cc1-c1nccc(N)n1. The van der Waals surface area contributed by atoms with E-state index in [0.29, 0.717) is 11.6 Å². The third kappa shape index (κ3) is 2.84. The summed E-state index contributed by atoms with van der Waals surface area (Å²) in [5.74, 6) is 1.79. The number of nitrogens with zero attached hydrogens (tertiary/aromatic N) is 2. The highest BCUT2D eigenvalue weighted by molar-refractivity contribution is 5.66. The molecule has 0 aliphatic rings. The first-order valence-electron chi connectivity index (χ1n) is 6.19. The molecule has 2 rings (SSSR count). The Bertz CT molecular complexity index is 588. The molecular formula is C15H19N3O. The second kappa shape index (κ2) is 4.88. The van der Waals surface area contributed by atoms with Crippen LogP contribution in [0.4, 0.5) is 5.82 Å². The summed E-state index contributed by atoms with van der Waals surface area (Å²) in [6.07, 6.45) is 1.65. The van der Waals surface area contributed by atoms with Gasteiger partial charge in [0.05, 0.1) is 12.7 Å². The fourth-order valence-electron chi connectivity index (χ4n) is 1.85. The van der Waals surface area contributed by atoms with E-state index in [1.807, 2.05) is 6.07 Å². The minimum atomic E-state index is 0.0569. The van der Waals surface area contributed by atoms with Crippen molar-refractivity contribution in [1.82, 2.24) is 9.97 Å². The molecule has 1 aromatic carbocycles. The van der Waals surface area contributed by atoms with Crippen molar-refractivity contribution in [3.05, 3.63) is 36.0 Å². The molecule has 0 fully saturated rings. The third-order valence-electron chi connectivity index (χ3n) is 2.98. The smallest absolute Gasteiger partial charge is 0.165 e. The zero-order valence-corrected chi connectivity index (χ0v) is 11.8. The average Bonchev–Trinajstić information content (AvgIpc) is 2.37. The maximum absolute atomic E-state index is 5.72. The van der Waals surface area contributed by atoms with Crippen LogP contribution in [0.5, 0.6) is 5.75 Å². The van der Waals surface area contributed by atoms with Gasteiger partial charge in [0.2, 0.25) is 0 Å². The Morgan fingerprint density at radius 3 is 2.47 bits per heavy atom. The number of nitrogen functional groups attached to an aromatic ring is 1. The molecule has 0 amide bonds. The van der Waals surface area contributed by atoms with E-state index in [9.17, 15) is 0 Å². The standard InChI is InChI=1S/C15H19N3O/c1-15(2,3)10-5-6-12(19-4)11(9-10)14-17-8-7-13(16)18-14/h5-9H,1-4H3,(H2,16,17,18). The molecule has 100 valence electrons. The predicted octanol–water partition coefficient (Wildman–Crippen LogP) is 3.03. The summed E-state index contributed by atoms with van der Waals surface area (Å²) < 4.78 is 5.39. The normalized spacial score (nSPS) is 11.4. The molecule has 0 unspecified atom stereocenters. The number of hydrogen-bond donors (Lipinski definition) is 1. The van der Waals surface area contributed by atoms with Gasteiger partial charge in [0.1, 0.15) is 11.6 Å². The molecule has 19 heavy (non-hydrogen) atoms. The molecular weight excluding hydrogens is 238 g/mol. The van der Waals surface area contributed by atoms with Crippen LogP contribution in [-0.2, 0) is 5.41 Å². The number of rotatable bonds is 2. The topological polar surface area (TPSA) is 61.0 Å². The second-order valence-corrected chi connectivity index (χ2v) is 5.47. The van der Waals surface area contributed by atoms with Crippen molar-refractivity contribution in [3.8, 4) is 17.1 Å². The number of aromatic nitrogens is 2. The first kappa shape index (κ1) is 13.3. The van der Waals surface area contributed by atoms with Crippen LogP contribution in [0, 0.1) is 0 Å². The van der Waals surface area contributed by atoms with E-state index in [1.54, 1.807) is 19.4 Å². The van der Waals surface area contributed by atoms with Gasteiger partial charge in [-0.15, -0.1) is 0 Å². The molecule has 2 N–H and O–H groups in total. The first-order valence-corrected chi connectivity index (χ1v) is 6.19. The lowest BCUT2D eigenvalue weighted by atomic mass is 9.86. The van der Waals surface area contributed by atoms with Gasteiger partial charge in [-0.2, -0.15) is 0 Å². The molecule has 1 aromatic heterocycles. The zero-order valence-electron chi connectivity index (χ0n) is 11.8. The van der Waals surface area contributed by atoms with Crippen LogP contribution in [0.15, 0.2) is 30.5 Å². The van der Waals surface area contributed by atoms with Gasteiger partial charge in [-0.3, -0.25) is 0 Å². The summed E-state index contributed by atoms with van der Waals surface area (Å²) in [7, 11) is 1.64. The minimum absolute atomic E-state index is 0.0569. The van der Waals surface area contributed by atoms with Crippen LogP contribution in [0.25, 0.3) is 11.4 Å².